The summed E-state index contributed by atoms with van der Waals surface area (Å²) >= 11 is 0. The van der Waals surface area contributed by atoms with Gasteiger partial charge in [-0.15, -0.1) is 0 Å². The molecule has 0 aliphatic heterocycles. The molecule has 2 amide bonds. The average molecular weight is 290 g/mol. The molecule has 3 N–H and O–H groups in total. The van der Waals surface area contributed by atoms with Crippen molar-refractivity contribution in [2.75, 3.05) is 6.54 Å². The lowest BCUT2D eigenvalue weighted by atomic mass is 9.93. The van der Waals surface area contributed by atoms with Crippen molar-refractivity contribution in [3.8, 4) is 0 Å². The molecule has 21 heavy (non-hydrogen) atoms. The zero-order valence-corrected chi connectivity index (χ0v) is 12.6. The van der Waals surface area contributed by atoms with Crippen LogP contribution in [0.3, 0.4) is 0 Å². The average Bonchev–Trinajstić information content (AvgIpc) is 2.50. The van der Waals surface area contributed by atoms with Gasteiger partial charge in [-0.1, -0.05) is 30.3 Å². The molecule has 1 aromatic carbocycles. The van der Waals surface area contributed by atoms with Crippen LogP contribution < -0.4 is 10.6 Å². The topological polar surface area (TPSA) is 61.4 Å². The van der Waals surface area contributed by atoms with E-state index in [0.717, 1.165) is 44.9 Å². The van der Waals surface area contributed by atoms with Gasteiger partial charge in [-0.25, -0.2) is 4.79 Å². The molecular weight excluding hydrogens is 264 g/mol. The normalized spacial score (nSPS) is 21.8. The summed E-state index contributed by atoms with van der Waals surface area (Å²) in [6, 6.07) is 10.6. The number of benzene rings is 1. The molecule has 0 spiro atoms. The molecule has 0 radical (unpaired) electrons. The molecule has 1 aliphatic carbocycles. The number of unbranched alkanes of at least 4 members (excludes halogenated alkanes) is 1. The second-order valence-electron chi connectivity index (χ2n) is 5.85. The van der Waals surface area contributed by atoms with Gasteiger partial charge in [-0.3, -0.25) is 0 Å². The maximum atomic E-state index is 11.7. The van der Waals surface area contributed by atoms with Crippen LogP contribution in [0.5, 0.6) is 0 Å². The summed E-state index contributed by atoms with van der Waals surface area (Å²) in [6.07, 6.45) is 6.30. The summed E-state index contributed by atoms with van der Waals surface area (Å²) in [5.74, 6) is 0. The minimum Gasteiger partial charge on any atom is -0.393 e. The first-order chi connectivity index (χ1) is 10.2. The van der Waals surface area contributed by atoms with Gasteiger partial charge < -0.3 is 15.7 Å². The number of aliphatic hydroxyl groups excluding tert-OH is 1. The molecule has 1 aromatic rings. The monoisotopic (exact) mass is 290 g/mol. The Morgan fingerprint density at radius 2 is 1.81 bits per heavy atom. The Hall–Kier alpha value is -1.55. The Bertz CT molecular complexity index is 414. The van der Waals surface area contributed by atoms with Crippen LogP contribution in [-0.4, -0.2) is 29.8 Å². The Morgan fingerprint density at radius 1 is 1.10 bits per heavy atom. The number of hydrogen-bond acceptors (Lipinski definition) is 2. The zero-order chi connectivity index (χ0) is 14.9. The van der Waals surface area contributed by atoms with Crippen LogP contribution >= 0.6 is 0 Å². The number of aryl methyl sites for hydroxylation is 1. The van der Waals surface area contributed by atoms with E-state index < -0.39 is 0 Å². The maximum Gasteiger partial charge on any atom is 0.315 e. The van der Waals surface area contributed by atoms with Crippen molar-refractivity contribution in [1.82, 2.24) is 10.6 Å². The first-order valence-corrected chi connectivity index (χ1v) is 8.00. The Morgan fingerprint density at radius 3 is 2.52 bits per heavy atom. The maximum absolute atomic E-state index is 11.7. The number of amides is 2. The molecule has 0 unspecified atom stereocenters. The van der Waals surface area contributed by atoms with Crippen LogP contribution in [0.1, 0.15) is 44.1 Å². The third-order valence-corrected chi connectivity index (χ3v) is 4.05. The smallest absolute Gasteiger partial charge is 0.315 e. The van der Waals surface area contributed by atoms with E-state index in [4.69, 9.17) is 0 Å². The van der Waals surface area contributed by atoms with Crippen molar-refractivity contribution in [2.45, 2.75) is 57.1 Å². The molecule has 1 saturated carbocycles. The number of carbonyl (C=O) groups excluding carboxylic acids is 1. The van der Waals surface area contributed by atoms with E-state index in [-0.39, 0.29) is 18.2 Å². The van der Waals surface area contributed by atoms with Gasteiger partial charge in [0.25, 0.3) is 0 Å². The zero-order valence-electron chi connectivity index (χ0n) is 12.6. The number of urea groups is 1. The van der Waals surface area contributed by atoms with E-state index in [1.54, 1.807) is 0 Å². The van der Waals surface area contributed by atoms with Crippen molar-refractivity contribution in [3.05, 3.63) is 35.9 Å². The summed E-state index contributed by atoms with van der Waals surface area (Å²) in [4.78, 5) is 11.7. The number of aliphatic hydroxyl groups is 1. The number of nitrogens with one attached hydrogen (secondary N) is 2. The summed E-state index contributed by atoms with van der Waals surface area (Å²) in [5.41, 5.74) is 1.35. The highest BCUT2D eigenvalue weighted by molar-refractivity contribution is 5.74. The molecule has 0 aromatic heterocycles. The van der Waals surface area contributed by atoms with E-state index in [1.165, 1.54) is 5.56 Å². The van der Waals surface area contributed by atoms with Crippen LogP contribution in [0.25, 0.3) is 0 Å². The highest BCUT2D eigenvalue weighted by atomic mass is 16.3. The molecule has 4 nitrogen and oxygen atoms in total. The lowest BCUT2D eigenvalue weighted by Gasteiger charge is -2.26. The SMILES string of the molecule is O=C(NCCCCc1ccccc1)NC1CCC(O)CC1. The van der Waals surface area contributed by atoms with Crippen LogP contribution in [0.15, 0.2) is 30.3 Å². The first kappa shape index (κ1) is 15.8. The lowest BCUT2D eigenvalue weighted by Crippen LogP contribution is -2.44. The van der Waals surface area contributed by atoms with Gasteiger partial charge >= 0.3 is 6.03 Å². The lowest BCUT2D eigenvalue weighted by molar-refractivity contribution is 0.117. The van der Waals surface area contributed by atoms with Crippen LogP contribution in [-0.2, 0) is 6.42 Å². The van der Waals surface area contributed by atoms with Crippen LogP contribution in [0.2, 0.25) is 0 Å². The van der Waals surface area contributed by atoms with Gasteiger partial charge in [-0.2, -0.15) is 0 Å². The molecule has 1 fully saturated rings. The molecule has 0 saturated heterocycles. The van der Waals surface area contributed by atoms with Gasteiger partial charge in [-0.05, 0) is 50.5 Å². The van der Waals surface area contributed by atoms with Crippen LogP contribution in [0.4, 0.5) is 4.79 Å². The highest BCUT2D eigenvalue weighted by Crippen LogP contribution is 2.18. The van der Waals surface area contributed by atoms with E-state index in [0.29, 0.717) is 6.54 Å². The molecule has 4 heteroatoms. The van der Waals surface area contributed by atoms with Crippen molar-refractivity contribution in [1.29, 1.82) is 0 Å². The van der Waals surface area contributed by atoms with E-state index >= 15 is 0 Å². The third kappa shape index (κ3) is 6.17. The van der Waals surface area contributed by atoms with Gasteiger partial charge in [0.15, 0.2) is 0 Å². The predicted molar refractivity (Wildman–Crippen MR) is 84.2 cm³/mol. The fourth-order valence-corrected chi connectivity index (χ4v) is 2.76. The minimum atomic E-state index is -0.177. The van der Waals surface area contributed by atoms with Gasteiger partial charge in [0, 0.05) is 12.6 Å². The molecule has 0 heterocycles. The number of rotatable bonds is 6. The Kier molecular flexibility index (Phi) is 6.54. The summed E-state index contributed by atoms with van der Waals surface area (Å²) in [7, 11) is 0. The van der Waals surface area contributed by atoms with Gasteiger partial charge in [0.05, 0.1) is 6.10 Å². The second kappa shape index (κ2) is 8.67. The van der Waals surface area contributed by atoms with E-state index in [9.17, 15) is 9.90 Å². The molecule has 0 atom stereocenters. The van der Waals surface area contributed by atoms with Crippen molar-refractivity contribution in [3.63, 3.8) is 0 Å². The van der Waals surface area contributed by atoms with Gasteiger partial charge in [0.1, 0.15) is 0 Å². The Balaban J connectivity index is 1.51. The number of hydrogen-bond donors (Lipinski definition) is 3. The van der Waals surface area contributed by atoms with Gasteiger partial charge in [0.2, 0.25) is 0 Å². The van der Waals surface area contributed by atoms with E-state index in [2.05, 4.69) is 34.9 Å². The van der Waals surface area contributed by atoms with E-state index in [1.807, 2.05) is 6.07 Å². The molecular formula is C17H26N2O2. The quantitative estimate of drug-likeness (QED) is 0.705. The van der Waals surface area contributed by atoms with Crippen molar-refractivity contribution >= 4 is 6.03 Å². The molecule has 1 aliphatic rings. The molecule has 2 rings (SSSR count). The summed E-state index contributed by atoms with van der Waals surface area (Å²) in [5, 5.41) is 15.3. The fourth-order valence-electron chi connectivity index (χ4n) is 2.76. The first-order valence-electron chi connectivity index (χ1n) is 8.00. The summed E-state index contributed by atoms with van der Waals surface area (Å²) < 4.78 is 0. The minimum absolute atomic E-state index is 0.0731. The summed E-state index contributed by atoms with van der Waals surface area (Å²) in [6.45, 7) is 0.716. The molecule has 0 bridgehead atoms. The highest BCUT2D eigenvalue weighted by Gasteiger charge is 2.20. The Labute approximate surface area is 126 Å². The number of carbonyl (C=O) groups is 1. The molecule has 116 valence electrons. The predicted octanol–water partition coefficient (Wildman–Crippen LogP) is 2.61. The van der Waals surface area contributed by atoms with Crippen molar-refractivity contribution < 1.29 is 9.90 Å². The second-order valence-corrected chi connectivity index (χ2v) is 5.85. The van der Waals surface area contributed by atoms with Crippen LogP contribution in [0, 0.1) is 0 Å². The largest absolute Gasteiger partial charge is 0.393 e. The standard InChI is InChI=1S/C17H26N2O2/c20-16-11-9-15(10-12-16)19-17(21)18-13-5-4-8-14-6-2-1-3-7-14/h1-3,6-7,15-16,20H,4-5,8-13H2,(H2,18,19,21). The fraction of sp³-hybridized carbons (Fsp3) is 0.588. The third-order valence-electron chi connectivity index (χ3n) is 4.05. The van der Waals surface area contributed by atoms with Crippen molar-refractivity contribution in [2.24, 2.45) is 0 Å².